The lowest BCUT2D eigenvalue weighted by molar-refractivity contribution is 0.101. The van der Waals surface area contributed by atoms with Crippen molar-refractivity contribution < 1.29 is 22.8 Å². The molecule has 4 unspecified atom stereocenters. The van der Waals surface area contributed by atoms with E-state index in [1.54, 1.807) is 12.1 Å². The fourth-order valence-electron chi connectivity index (χ4n) is 9.67. The Morgan fingerprint density at radius 3 is 2.00 bits per heavy atom. The molecule has 2 aliphatic heterocycles. The number of rotatable bonds is 6. The molecule has 7 nitrogen and oxygen atoms in total. The molecule has 0 bridgehead atoms. The zero-order valence-corrected chi connectivity index (χ0v) is 33.2. The molecule has 0 amide bonds. The van der Waals surface area contributed by atoms with Gasteiger partial charge in [-0.25, -0.2) is 0 Å². The third kappa shape index (κ3) is 4.18. The van der Waals surface area contributed by atoms with E-state index >= 15 is 9.13 Å². The molecule has 9 rings (SSSR count). The summed E-state index contributed by atoms with van der Waals surface area (Å²) in [7, 11) is -6.69. The van der Waals surface area contributed by atoms with Crippen LogP contribution in [0.1, 0.15) is 103 Å². The first-order valence-electron chi connectivity index (χ1n) is 18.8. The summed E-state index contributed by atoms with van der Waals surface area (Å²) in [5.41, 5.74) is 19.5. The SMILES string of the molecule is CCc1oc2c(c1N)P(=O)(C(C)C)c1ccccc1C21c2ccccc2-c2cc(CC(C)P3(=O)c4ccccc4C(=O)c4oc(C(C)C)c(N)c43)ccc21. The number of hydrogen-bond acceptors (Lipinski definition) is 7. The van der Waals surface area contributed by atoms with Crippen LogP contribution in [-0.2, 0) is 27.4 Å². The second-order valence-corrected chi connectivity index (χ2v) is 22.1. The van der Waals surface area contributed by atoms with E-state index < -0.39 is 25.4 Å². The fourth-order valence-corrected chi connectivity index (χ4v) is 16.3. The maximum Gasteiger partial charge on any atom is 0.229 e. The first-order chi connectivity index (χ1) is 25.8. The van der Waals surface area contributed by atoms with Gasteiger partial charge in [-0.05, 0) is 39.8 Å². The molecule has 0 saturated carbocycles. The molecule has 0 fully saturated rings. The lowest BCUT2D eigenvalue weighted by atomic mass is 9.70. The van der Waals surface area contributed by atoms with E-state index in [1.165, 1.54) is 0 Å². The van der Waals surface area contributed by atoms with E-state index in [0.717, 1.165) is 38.7 Å². The number of fused-ring (bicyclic) bond motifs is 11. The van der Waals surface area contributed by atoms with Crippen molar-refractivity contribution >= 4 is 52.7 Å². The summed E-state index contributed by atoms with van der Waals surface area (Å²) >= 11 is 0. The molecule has 4 heterocycles. The monoisotopic (exact) mass is 754 g/mol. The topological polar surface area (TPSA) is 130 Å². The Kier molecular flexibility index (Phi) is 7.65. The average molecular weight is 755 g/mol. The number of ketones is 1. The highest BCUT2D eigenvalue weighted by atomic mass is 31.2. The third-order valence-corrected chi connectivity index (χ3v) is 19.5. The summed E-state index contributed by atoms with van der Waals surface area (Å²) in [6, 6.07) is 30.1. The average Bonchev–Trinajstić information content (AvgIpc) is 3.81. The van der Waals surface area contributed by atoms with Gasteiger partial charge < -0.3 is 29.4 Å². The van der Waals surface area contributed by atoms with E-state index in [9.17, 15) is 4.79 Å². The second kappa shape index (κ2) is 11.8. The quantitative estimate of drug-likeness (QED) is 0.163. The molecule has 1 aliphatic carbocycles. The number of anilines is 2. The summed E-state index contributed by atoms with van der Waals surface area (Å²) in [6.07, 6.45) is 1.03. The van der Waals surface area contributed by atoms with Crippen molar-refractivity contribution in [2.45, 2.75) is 77.0 Å². The molecule has 0 saturated heterocycles. The molecule has 4 atom stereocenters. The van der Waals surface area contributed by atoms with Crippen LogP contribution in [0.15, 0.2) is 99.8 Å². The third-order valence-electron chi connectivity index (χ3n) is 12.2. The maximum absolute atomic E-state index is 15.8. The minimum atomic E-state index is -3.48. The Morgan fingerprint density at radius 1 is 0.685 bits per heavy atom. The Bertz CT molecular complexity index is 2680. The van der Waals surface area contributed by atoms with Gasteiger partial charge >= 0.3 is 0 Å². The Balaban J connectivity index is 1.25. The Hall–Kier alpha value is -4.83. The van der Waals surface area contributed by atoms with Gasteiger partial charge in [-0.3, -0.25) is 4.79 Å². The van der Waals surface area contributed by atoms with Gasteiger partial charge in [-0.15, -0.1) is 0 Å². The van der Waals surface area contributed by atoms with Crippen molar-refractivity contribution in [1.29, 1.82) is 0 Å². The standard InChI is InChI=1S/C45H44N2O5P2/c1-7-34-37(46)43-44(51-34)45(33-17-11-13-19-36(33)53(43,49)25(4)5)31-16-10-8-14-28(31)30-23-27(20-21-32(30)45)22-26(6)54(50)35-18-12-9-15-29(35)39(48)41-42(54)38(47)40(52-41)24(2)3/h8-21,23-26H,7,22,46-47H2,1-6H3. The summed E-state index contributed by atoms with van der Waals surface area (Å²) in [5.74, 6) is 1.53. The lowest BCUT2D eigenvalue weighted by Crippen LogP contribution is -2.44. The van der Waals surface area contributed by atoms with E-state index in [-0.39, 0.29) is 23.1 Å². The molecule has 0 radical (unpaired) electrons. The van der Waals surface area contributed by atoms with Crippen molar-refractivity contribution in [3.8, 4) is 11.1 Å². The number of carbonyl (C=O) groups excluding carboxylic acids is 1. The van der Waals surface area contributed by atoms with Crippen molar-refractivity contribution in [2.75, 3.05) is 11.5 Å². The minimum absolute atomic E-state index is 0.0860. The van der Waals surface area contributed by atoms with Crippen LogP contribution in [0.4, 0.5) is 11.4 Å². The highest BCUT2D eigenvalue weighted by Crippen LogP contribution is 2.65. The summed E-state index contributed by atoms with van der Waals surface area (Å²) < 4.78 is 44.3. The number of nitrogens with two attached hydrogens (primary N) is 2. The van der Waals surface area contributed by atoms with Crippen LogP contribution in [0.2, 0.25) is 0 Å². The van der Waals surface area contributed by atoms with Gasteiger partial charge in [0.2, 0.25) is 5.78 Å². The van der Waals surface area contributed by atoms with Crippen LogP contribution in [0.25, 0.3) is 11.1 Å². The molecule has 6 aromatic rings. The normalized spacial score (nSPS) is 22.5. The minimum Gasteiger partial charge on any atom is -0.461 e. The van der Waals surface area contributed by atoms with Gasteiger partial charge in [0.25, 0.3) is 0 Å². The van der Waals surface area contributed by atoms with Crippen LogP contribution in [0, 0.1) is 0 Å². The summed E-state index contributed by atoms with van der Waals surface area (Å²) in [6.45, 7) is 11.9. The lowest BCUT2D eigenvalue weighted by Gasteiger charge is -2.41. The Morgan fingerprint density at radius 2 is 1.31 bits per heavy atom. The van der Waals surface area contributed by atoms with Gasteiger partial charge in [0.1, 0.15) is 22.7 Å². The van der Waals surface area contributed by atoms with Crippen LogP contribution in [-0.4, -0.2) is 17.1 Å². The number of carbonyl (C=O) groups is 1. The predicted octanol–water partition coefficient (Wildman–Crippen LogP) is 8.61. The van der Waals surface area contributed by atoms with Crippen LogP contribution < -0.4 is 32.7 Å². The van der Waals surface area contributed by atoms with E-state index in [2.05, 4.69) is 36.4 Å². The molecule has 274 valence electrons. The van der Waals surface area contributed by atoms with Crippen molar-refractivity contribution in [3.05, 3.63) is 142 Å². The van der Waals surface area contributed by atoms with Crippen LogP contribution in [0.3, 0.4) is 0 Å². The van der Waals surface area contributed by atoms with Gasteiger partial charge in [0.15, 0.2) is 20.0 Å². The molecule has 2 aromatic heterocycles. The fraction of sp³-hybridized carbons (Fsp3) is 0.267. The highest BCUT2D eigenvalue weighted by Gasteiger charge is 2.59. The summed E-state index contributed by atoms with van der Waals surface area (Å²) in [5, 5.41) is 2.36. The zero-order chi connectivity index (χ0) is 38.1. The zero-order valence-electron chi connectivity index (χ0n) is 31.4. The van der Waals surface area contributed by atoms with Gasteiger partial charge in [0, 0.05) is 39.8 Å². The Labute approximate surface area is 315 Å². The van der Waals surface area contributed by atoms with Crippen LogP contribution in [0.5, 0.6) is 0 Å². The highest BCUT2D eigenvalue weighted by molar-refractivity contribution is 7.80. The van der Waals surface area contributed by atoms with Gasteiger partial charge in [-0.1, -0.05) is 133 Å². The number of nitrogen functional groups attached to an aromatic ring is 2. The maximum atomic E-state index is 15.8. The van der Waals surface area contributed by atoms with E-state index in [4.69, 9.17) is 20.3 Å². The summed E-state index contributed by atoms with van der Waals surface area (Å²) in [4.78, 5) is 13.7. The molecule has 4 aromatic carbocycles. The smallest absolute Gasteiger partial charge is 0.229 e. The van der Waals surface area contributed by atoms with Crippen molar-refractivity contribution in [1.82, 2.24) is 0 Å². The molecule has 9 heteroatoms. The molecule has 3 aliphatic rings. The molecular formula is C45H44N2O5P2. The van der Waals surface area contributed by atoms with E-state index in [0.29, 0.717) is 63.0 Å². The van der Waals surface area contributed by atoms with Crippen molar-refractivity contribution in [3.63, 3.8) is 0 Å². The predicted molar refractivity (Wildman–Crippen MR) is 219 cm³/mol. The molecule has 4 N–H and O–H groups in total. The van der Waals surface area contributed by atoms with Crippen molar-refractivity contribution in [2.24, 2.45) is 0 Å². The van der Waals surface area contributed by atoms with Gasteiger partial charge in [0.05, 0.1) is 22.0 Å². The largest absolute Gasteiger partial charge is 0.461 e. The van der Waals surface area contributed by atoms with E-state index in [1.807, 2.05) is 84.0 Å². The molecule has 54 heavy (non-hydrogen) atoms. The number of benzene rings is 4. The molecule has 1 spiro atoms. The number of aryl methyl sites for hydroxylation is 1. The first-order valence-corrected chi connectivity index (χ1v) is 22.4. The van der Waals surface area contributed by atoms with Crippen LogP contribution >= 0.6 is 14.3 Å². The number of furan rings is 2. The second-order valence-electron chi connectivity index (χ2n) is 15.7. The first kappa shape index (κ1) is 34.9. The number of hydrogen-bond donors (Lipinski definition) is 2. The van der Waals surface area contributed by atoms with Gasteiger partial charge in [-0.2, -0.15) is 0 Å². The molecular weight excluding hydrogens is 710 g/mol.